The average molecular weight is 667 g/mol. The zero-order valence-electron chi connectivity index (χ0n) is 33.3. The first-order chi connectivity index (χ1) is 23.1. The van der Waals surface area contributed by atoms with E-state index in [-0.39, 0.29) is 12.1 Å². The molecule has 0 aromatic carbocycles. The molecule has 0 radical (unpaired) electrons. The minimum Gasteiger partial charge on any atom is -0.462 e. The number of carbonyl (C=O) groups is 1. The highest BCUT2D eigenvalue weighted by Crippen LogP contribution is 2.68. The highest BCUT2D eigenvalue weighted by Gasteiger charge is 2.60. The van der Waals surface area contributed by atoms with E-state index in [1.807, 2.05) is 0 Å². The fourth-order valence-electron chi connectivity index (χ4n) is 11.9. The third-order valence-electron chi connectivity index (χ3n) is 15.5. The molecule has 2 unspecified atom stereocenters. The fraction of sp³-hybridized carbons (Fsp3) is 0.935. The number of allylic oxidation sites excluding steroid dienone is 2. The molecule has 0 bridgehead atoms. The van der Waals surface area contributed by atoms with Crippen molar-refractivity contribution in [2.45, 2.75) is 215 Å². The van der Waals surface area contributed by atoms with Crippen LogP contribution in [-0.2, 0) is 9.53 Å². The number of fused-ring (bicyclic) bond motifs is 5. The van der Waals surface area contributed by atoms with Crippen molar-refractivity contribution in [3.8, 4) is 0 Å². The molecule has 4 fully saturated rings. The molecule has 0 saturated heterocycles. The van der Waals surface area contributed by atoms with Gasteiger partial charge in [0.1, 0.15) is 6.10 Å². The second kappa shape index (κ2) is 19.7. The third kappa shape index (κ3) is 10.6. The molecule has 0 aliphatic heterocycles. The summed E-state index contributed by atoms with van der Waals surface area (Å²) in [7, 11) is 0. The Morgan fingerprint density at radius 3 is 2.02 bits per heavy atom. The molecule has 0 N–H and O–H groups in total. The molecule has 0 aromatic heterocycles. The molecular formula is C46H82O2. The van der Waals surface area contributed by atoms with Gasteiger partial charge < -0.3 is 4.74 Å². The first-order valence-corrected chi connectivity index (χ1v) is 21.9. The van der Waals surface area contributed by atoms with Gasteiger partial charge in [-0.05, 0) is 148 Å². The Hall–Kier alpha value is -0.790. The van der Waals surface area contributed by atoms with Crippen LogP contribution < -0.4 is 0 Å². The van der Waals surface area contributed by atoms with Crippen LogP contribution in [0.25, 0.3) is 0 Å². The van der Waals surface area contributed by atoms with Gasteiger partial charge in [-0.25, -0.2) is 0 Å². The van der Waals surface area contributed by atoms with Crippen LogP contribution in [0, 0.1) is 58.2 Å². The van der Waals surface area contributed by atoms with Gasteiger partial charge >= 0.3 is 5.97 Å². The van der Waals surface area contributed by atoms with E-state index in [4.69, 9.17) is 4.74 Å². The Labute approximate surface area is 300 Å². The Balaban J connectivity index is 1.11. The van der Waals surface area contributed by atoms with Crippen LogP contribution in [0.15, 0.2) is 12.2 Å². The van der Waals surface area contributed by atoms with Crippen molar-refractivity contribution in [3.63, 3.8) is 0 Å². The minimum absolute atomic E-state index is 0.0808. The van der Waals surface area contributed by atoms with Crippen molar-refractivity contribution in [2.75, 3.05) is 0 Å². The van der Waals surface area contributed by atoms with Crippen LogP contribution in [0.2, 0.25) is 0 Å². The summed E-state index contributed by atoms with van der Waals surface area (Å²) in [6, 6.07) is 0. The van der Waals surface area contributed by atoms with Crippen molar-refractivity contribution < 1.29 is 9.53 Å². The van der Waals surface area contributed by atoms with E-state index in [1.54, 1.807) is 0 Å². The fourth-order valence-corrected chi connectivity index (χ4v) is 11.9. The Kier molecular flexibility index (Phi) is 16.4. The van der Waals surface area contributed by atoms with Gasteiger partial charge in [-0.15, -0.1) is 0 Å². The lowest BCUT2D eigenvalue weighted by molar-refractivity contribution is -0.162. The lowest BCUT2D eigenvalue weighted by Crippen LogP contribution is -2.54. The normalized spacial score (nSPS) is 34.5. The van der Waals surface area contributed by atoms with E-state index >= 15 is 0 Å². The molecule has 4 aliphatic carbocycles. The van der Waals surface area contributed by atoms with E-state index < -0.39 is 0 Å². The zero-order chi connectivity index (χ0) is 34.6. The van der Waals surface area contributed by atoms with Crippen molar-refractivity contribution in [2.24, 2.45) is 58.2 Å². The average Bonchev–Trinajstić information content (AvgIpc) is 3.42. The number of rotatable bonds is 21. The SMILES string of the molecule is CCCCCCCC/C=C\CCCCCCCC(=O)OC1CC[C@@]2(C)C(CC[C@H]3[C@@H]4CC[C@H]([C@H](C)CC[C@@H](C)C(C)C)[C@@]4(C)CC[C@@H]32)C1. The van der Waals surface area contributed by atoms with Gasteiger partial charge in [0.05, 0.1) is 0 Å². The maximum Gasteiger partial charge on any atom is 0.306 e. The summed E-state index contributed by atoms with van der Waals surface area (Å²) in [6.45, 7) is 17.6. The molecule has 4 aliphatic rings. The second-order valence-corrected chi connectivity index (χ2v) is 18.9. The quantitative estimate of drug-likeness (QED) is 0.0692. The molecule has 278 valence electrons. The van der Waals surface area contributed by atoms with Gasteiger partial charge in [0, 0.05) is 6.42 Å². The maximum atomic E-state index is 12.8. The van der Waals surface area contributed by atoms with Crippen LogP contribution >= 0.6 is 0 Å². The van der Waals surface area contributed by atoms with Crippen LogP contribution in [0.4, 0.5) is 0 Å². The number of hydrogen-bond donors (Lipinski definition) is 0. The largest absolute Gasteiger partial charge is 0.462 e. The van der Waals surface area contributed by atoms with E-state index in [2.05, 4.69) is 60.6 Å². The molecule has 48 heavy (non-hydrogen) atoms. The van der Waals surface area contributed by atoms with Gasteiger partial charge in [-0.3, -0.25) is 4.79 Å². The molecule has 2 nitrogen and oxygen atoms in total. The summed E-state index contributed by atoms with van der Waals surface area (Å²) in [4.78, 5) is 12.8. The molecule has 4 rings (SSSR count). The standard InChI is InChI=1S/C46H82O2/c1-8-9-10-11-12-13-14-15-16-17-18-19-20-21-22-23-44(47)48-39-30-32-45(6)38(34-39)26-27-40-42-29-28-41(46(42,7)33-31-43(40)45)37(5)25-24-36(4)35(2)3/h15-16,35-43H,8-14,17-34H2,1-7H3/b16-15-/t36-,37-,38?,39?,40+,41-,42+,43+,45+,46-/m1/s1. The Morgan fingerprint density at radius 2 is 1.33 bits per heavy atom. The Morgan fingerprint density at radius 1 is 0.708 bits per heavy atom. The summed E-state index contributed by atoms with van der Waals surface area (Å²) in [6.07, 6.45) is 37.4. The molecule has 0 aromatic rings. The first kappa shape index (κ1) is 40.0. The lowest BCUT2D eigenvalue weighted by atomic mass is 9.44. The highest BCUT2D eigenvalue weighted by molar-refractivity contribution is 5.69. The third-order valence-corrected chi connectivity index (χ3v) is 15.5. The summed E-state index contributed by atoms with van der Waals surface area (Å²) in [5.41, 5.74) is 1.04. The number of ether oxygens (including phenoxy) is 1. The van der Waals surface area contributed by atoms with Crippen molar-refractivity contribution in [1.82, 2.24) is 0 Å². The molecule has 2 heteroatoms. The van der Waals surface area contributed by atoms with Crippen molar-refractivity contribution >= 4 is 5.97 Å². The number of carbonyl (C=O) groups excluding carboxylic acids is 1. The predicted molar refractivity (Wildman–Crippen MR) is 207 cm³/mol. The van der Waals surface area contributed by atoms with Crippen molar-refractivity contribution in [3.05, 3.63) is 12.2 Å². The van der Waals surface area contributed by atoms with Crippen LogP contribution in [0.5, 0.6) is 0 Å². The number of hydrogen-bond acceptors (Lipinski definition) is 2. The molecular weight excluding hydrogens is 585 g/mol. The molecule has 0 amide bonds. The zero-order valence-corrected chi connectivity index (χ0v) is 33.3. The molecule has 0 heterocycles. The van der Waals surface area contributed by atoms with Gasteiger partial charge in [-0.2, -0.15) is 0 Å². The Bertz CT molecular complexity index is 952. The van der Waals surface area contributed by atoms with Crippen LogP contribution in [0.1, 0.15) is 209 Å². The monoisotopic (exact) mass is 667 g/mol. The molecule has 0 spiro atoms. The summed E-state index contributed by atoms with van der Waals surface area (Å²) >= 11 is 0. The van der Waals surface area contributed by atoms with Crippen LogP contribution in [-0.4, -0.2) is 12.1 Å². The van der Waals surface area contributed by atoms with E-state index in [1.165, 1.54) is 135 Å². The molecule has 4 saturated carbocycles. The summed E-state index contributed by atoms with van der Waals surface area (Å²) < 4.78 is 6.17. The number of esters is 1. The van der Waals surface area contributed by atoms with Crippen molar-refractivity contribution in [1.29, 1.82) is 0 Å². The topological polar surface area (TPSA) is 26.3 Å². The lowest BCUT2D eigenvalue weighted by Gasteiger charge is -2.61. The minimum atomic E-state index is 0.0808. The van der Waals surface area contributed by atoms with E-state index in [9.17, 15) is 4.79 Å². The maximum absolute atomic E-state index is 12.8. The number of unbranched alkanes of at least 4 members (excludes halogenated alkanes) is 11. The second-order valence-electron chi connectivity index (χ2n) is 18.9. The van der Waals surface area contributed by atoms with E-state index in [0.29, 0.717) is 17.3 Å². The molecule has 10 atom stereocenters. The first-order valence-electron chi connectivity index (χ1n) is 21.9. The van der Waals surface area contributed by atoms with Gasteiger partial charge in [-0.1, -0.05) is 125 Å². The van der Waals surface area contributed by atoms with E-state index in [0.717, 1.165) is 66.6 Å². The van der Waals surface area contributed by atoms with Gasteiger partial charge in [0.2, 0.25) is 0 Å². The predicted octanol–water partition coefficient (Wildman–Crippen LogP) is 14.3. The van der Waals surface area contributed by atoms with Gasteiger partial charge in [0.25, 0.3) is 0 Å². The van der Waals surface area contributed by atoms with Crippen LogP contribution in [0.3, 0.4) is 0 Å². The smallest absolute Gasteiger partial charge is 0.306 e. The highest BCUT2D eigenvalue weighted by atomic mass is 16.5. The van der Waals surface area contributed by atoms with Gasteiger partial charge in [0.15, 0.2) is 0 Å². The summed E-state index contributed by atoms with van der Waals surface area (Å²) in [5.74, 6) is 7.10. The summed E-state index contributed by atoms with van der Waals surface area (Å²) in [5, 5.41) is 0.